The molecular formula is C2H6OS. The fourth-order valence-electron chi connectivity index (χ4n) is 0. The standard InChI is InChI=1S/C2H6OS/c3-1-2-4/h3-4H,1-2H2/i1D2,2D2. The van der Waals surface area contributed by atoms with Crippen LogP contribution in [0.5, 0.6) is 0 Å². The lowest BCUT2D eigenvalue weighted by Crippen LogP contribution is -1.76. The largest absolute Gasteiger partial charge is 0.396 e. The third-order valence-electron chi connectivity index (χ3n) is 0.0500. The predicted octanol–water partition coefficient (Wildman–Crippen LogP) is -0.0915. The Morgan fingerprint density at radius 3 is 2.50 bits per heavy atom. The van der Waals surface area contributed by atoms with E-state index in [0.29, 0.717) is 0 Å². The van der Waals surface area contributed by atoms with Crippen LogP contribution in [-0.4, -0.2) is 17.4 Å². The van der Waals surface area contributed by atoms with Gasteiger partial charge in [0.15, 0.2) is 0 Å². The van der Waals surface area contributed by atoms with Crippen LogP contribution in [0.1, 0.15) is 5.48 Å². The van der Waals surface area contributed by atoms with Gasteiger partial charge in [0.2, 0.25) is 0 Å². The minimum atomic E-state index is -2.86. The number of thiol groups is 1. The molecule has 2 heteroatoms. The van der Waals surface area contributed by atoms with E-state index in [1.165, 1.54) is 0 Å². The highest BCUT2D eigenvalue weighted by Gasteiger charge is 1.57. The predicted molar refractivity (Wildman–Crippen MR) is 20.9 cm³/mol. The molecule has 0 aliphatic heterocycles. The van der Waals surface area contributed by atoms with E-state index in [-0.39, 0.29) is 0 Å². The van der Waals surface area contributed by atoms with Crippen molar-refractivity contribution in [3.8, 4) is 0 Å². The summed E-state index contributed by atoms with van der Waals surface area (Å²) in [4.78, 5) is 0. The Morgan fingerprint density at radius 1 is 2.25 bits per heavy atom. The SMILES string of the molecule is [2H]C([2H])(O)C([2H])([2H])S. The van der Waals surface area contributed by atoms with Gasteiger partial charge in [0, 0.05) is 8.45 Å². The molecule has 0 fully saturated rings. The van der Waals surface area contributed by atoms with Crippen molar-refractivity contribution in [3.05, 3.63) is 0 Å². The van der Waals surface area contributed by atoms with Crippen LogP contribution in [0.25, 0.3) is 0 Å². The number of aliphatic hydroxyl groups is 1. The van der Waals surface area contributed by atoms with E-state index < -0.39 is 12.3 Å². The molecule has 0 radical (unpaired) electrons. The summed E-state index contributed by atoms with van der Waals surface area (Å²) < 4.78 is 25.7. The molecule has 0 aromatic carbocycles. The molecule has 0 atom stereocenters. The zero-order valence-electron chi connectivity index (χ0n) is 5.89. The first kappa shape index (κ1) is 0.884. The molecular weight excluding hydrogens is 72.1 g/mol. The Hall–Kier alpha value is 0.310. The van der Waals surface area contributed by atoms with Crippen LogP contribution in [0, 0.1) is 0 Å². The van der Waals surface area contributed by atoms with E-state index in [4.69, 9.17) is 10.6 Å². The van der Waals surface area contributed by atoms with Crippen molar-refractivity contribution in [2.45, 2.75) is 0 Å². The van der Waals surface area contributed by atoms with Crippen molar-refractivity contribution in [2.24, 2.45) is 0 Å². The molecule has 1 N–H and O–H groups in total. The molecule has 1 nitrogen and oxygen atoms in total. The van der Waals surface area contributed by atoms with Crippen molar-refractivity contribution < 1.29 is 10.6 Å². The lowest BCUT2D eigenvalue weighted by molar-refractivity contribution is 0.323. The molecule has 0 spiro atoms. The molecule has 0 aromatic rings. The first-order valence-corrected chi connectivity index (χ1v) is 1.14. The Morgan fingerprint density at radius 2 is 2.50 bits per heavy atom. The summed E-state index contributed by atoms with van der Waals surface area (Å²) >= 11 is 3.14. The van der Waals surface area contributed by atoms with E-state index in [1.807, 2.05) is 0 Å². The quantitative estimate of drug-likeness (QED) is 0.423. The van der Waals surface area contributed by atoms with Crippen LogP contribution in [0.4, 0.5) is 0 Å². The van der Waals surface area contributed by atoms with Gasteiger partial charge in [0.05, 0.1) is 9.30 Å². The Bertz CT molecular complexity index is 69.0. The first-order valence-electron chi connectivity index (χ1n) is 2.70. The Kier molecular flexibility index (Phi) is 0.731. The van der Waals surface area contributed by atoms with E-state index in [2.05, 4.69) is 12.6 Å². The molecule has 0 aromatic heterocycles. The van der Waals surface area contributed by atoms with Crippen molar-refractivity contribution in [1.29, 1.82) is 0 Å². The van der Waals surface area contributed by atoms with Crippen LogP contribution >= 0.6 is 12.6 Å². The Labute approximate surface area is 36.7 Å². The first-order chi connectivity index (χ1) is 3.25. The van der Waals surface area contributed by atoms with Crippen molar-refractivity contribution >= 4 is 12.6 Å². The maximum absolute atomic E-state index is 8.24. The second kappa shape index (κ2) is 3.31. The molecule has 0 heterocycles. The highest BCUT2D eigenvalue weighted by Crippen LogP contribution is 1.61. The summed E-state index contributed by atoms with van der Waals surface area (Å²) in [5, 5.41) is 8.24. The highest BCUT2D eigenvalue weighted by molar-refractivity contribution is 7.80. The second-order valence-electron chi connectivity index (χ2n) is 0.224. The van der Waals surface area contributed by atoms with Gasteiger partial charge in [0.25, 0.3) is 0 Å². The summed E-state index contributed by atoms with van der Waals surface area (Å²) in [5.74, 6) is 0. The van der Waals surface area contributed by atoms with Crippen LogP contribution in [-0.2, 0) is 0 Å². The number of hydrogen-bond acceptors (Lipinski definition) is 2. The molecule has 0 aliphatic carbocycles. The molecule has 0 aliphatic rings. The summed E-state index contributed by atoms with van der Waals surface area (Å²) in [5.41, 5.74) is -2.48. The molecule has 0 saturated carbocycles. The minimum Gasteiger partial charge on any atom is -0.396 e. The smallest absolute Gasteiger partial charge is 0.0572 e. The monoisotopic (exact) mass is 82.0 g/mol. The fraction of sp³-hybridized carbons (Fsp3) is 1.00. The lowest BCUT2D eigenvalue weighted by Gasteiger charge is -1.69. The van der Waals surface area contributed by atoms with E-state index in [1.54, 1.807) is 0 Å². The number of hydrogen-bond donors (Lipinski definition) is 2. The zero-order chi connectivity index (χ0) is 7.00. The molecule has 0 amide bonds. The highest BCUT2D eigenvalue weighted by atomic mass is 32.1. The van der Waals surface area contributed by atoms with Crippen molar-refractivity contribution in [3.63, 3.8) is 0 Å². The summed E-state index contributed by atoms with van der Waals surface area (Å²) in [6.07, 6.45) is 0. The third kappa shape index (κ3) is 2.31. The summed E-state index contributed by atoms with van der Waals surface area (Å²) in [6.45, 7) is -2.86. The van der Waals surface area contributed by atoms with Gasteiger partial charge in [0.1, 0.15) is 0 Å². The van der Waals surface area contributed by atoms with Gasteiger partial charge >= 0.3 is 0 Å². The van der Waals surface area contributed by atoms with Crippen LogP contribution in [0.2, 0.25) is 0 Å². The maximum atomic E-state index is 8.24. The average Bonchev–Trinajstić information content (AvgIpc) is 1.25. The van der Waals surface area contributed by atoms with Gasteiger partial charge < -0.3 is 5.11 Å². The van der Waals surface area contributed by atoms with Gasteiger partial charge in [-0.25, -0.2) is 0 Å². The van der Waals surface area contributed by atoms with Gasteiger partial charge in [-0.05, 0) is 0 Å². The summed E-state index contributed by atoms with van der Waals surface area (Å²) in [7, 11) is 0. The number of rotatable bonds is 1. The zero-order valence-corrected chi connectivity index (χ0v) is 2.79. The maximum Gasteiger partial charge on any atom is 0.0572 e. The van der Waals surface area contributed by atoms with Gasteiger partial charge in [-0.3, -0.25) is 0 Å². The van der Waals surface area contributed by atoms with Crippen molar-refractivity contribution in [2.75, 3.05) is 12.3 Å². The third-order valence-corrected chi connectivity index (χ3v) is 0.150. The topological polar surface area (TPSA) is 20.2 Å². The van der Waals surface area contributed by atoms with E-state index in [0.717, 1.165) is 0 Å². The molecule has 0 rings (SSSR count). The molecule has 0 unspecified atom stereocenters. The Balaban J connectivity index is 4.02. The van der Waals surface area contributed by atoms with Gasteiger partial charge in [-0.15, -0.1) is 0 Å². The van der Waals surface area contributed by atoms with Gasteiger partial charge in [-0.1, -0.05) is 0 Å². The van der Waals surface area contributed by atoms with E-state index in [9.17, 15) is 0 Å². The van der Waals surface area contributed by atoms with Crippen LogP contribution < -0.4 is 0 Å². The normalized spacial score (nSPS) is 29.5. The van der Waals surface area contributed by atoms with Crippen LogP contribution in [0.3, 0.4) is 0 Å². The second-order valence-corrected chi connectivity index (χ2v) is 0.447. The lowest BCUT2D eigenvalue weighted by atomic mass is 10.9. The van der Waals surface area contributed by atoms with Crippen molar-refractivity contribution in [1.82, 2.24) is 0 Å². The van der Waals surface area contributed by atoms with Crippen LogP contribution in [0.15, 0.2) is 0 Å². The molecule has 26 valence electrons. The molecule has 0 saturated heterocycles. The van der Waals surface area contributed by atoms with Gasteiger partial charge in [-0.2, -0.15) is 12.6 Å². The van der Waals surface area contributed by atoms with E-state index >= 15 is 0 Å². The molecule has 4 heavy (non-hydrogen) atoms. The average molecular weight is 82.2 g/mol. The molecule has 0 bridgehead atoms. The minimum absolute atomic E-state index is 2.48. The fourth-order valence-corrected chi connectivity index (χ4v) is 0. The summed E-state index contributed by atoms with van der Waals surface area (Å²) in [6, 6.07) is 0.